The zero-order valence-electron chi connectivity index (χ0n) is 14.7. The van der Waals surface area contributed by atoms with Gasteiger partial charge in [-0.3, -0.25) is 4.79 Å². The highest BCUT2D eigenvalue weighted by atomic mass is 16.5. The third-order valence-corrected chi connectivity index (χ3v) is 3.80. The number of rotatable bonds is 6. The summed E-state index contributed by atoms with van der Waals surface area (Å²) in [5, 5.41) is 0. The standard InChI is InChI=1S/C18H23NO6/c1-13(18(21)19-8-10-24-11-9-19)25-17(20)7-4-14-12-15(22-2)5-6-16(14)23-3/h4-7,12-13H,8-11H2,1-3H3/b7-4+. The molecule has 2 rings (SSSR count). The lowest BCUT2D eigenvalue weighted by Crippen LogP contribution is -2.45. The summed E-state index contributed by atoms with van der Waals surface area (Å²) in [7, 11) is 3.10. The minimum absolute atomic E-state index is 0.219. The minimum atomic E-state index is -0.845. The summed E-state index contributed by atoms with van der Waals surface area (Å²) in [5.41, 5.74) is 0.672. The number of amides is 1. The Hall–Kier alpha value is -2.54. The van der Waals surface area contributed by atoms with E-state index < -0.39 is 12.1 Å². The van der Waals surface area contributed by atoms with Crippen molar-refractivity contribution in [1.82, 2.24) is 4.90 Å². The first kappa shape index (κ1) is 18.8. The second kappa shape index (κ2) is 9.08. The van der Waals surface area contributed by atoms with Crippen LogP contribution in [0.4, 0.5) is 0 Å². The summed E-state index contributed by atoms with van der Waals surface area (Å²) in [5.74, 6) is 0.426. The van der Waals surface area contributed by atoms with E-state index in [0.717, 1.165) is 0 Å². The van der Waals surface area contributed by atoms with Crippen LogP contribution in [0.5, 0.6) is 11.5 Å². The molecule has 1 atom stereocenters. The molecule has 1 aromatic rings. The van der Waals surface area contributed by atoms with Crippen molar-refractivity contribution in [2.75, 3.05) is 40.5 Å². The van der Waals surface area contributed by atoms with Gasteiger partial charge in [0.15, 0.2) is 6.10 Å². The molecule has 1 heterocycles. The van der Waals surface area contributed by atoms with Gasteiger partial charge in [0.05, 0.1) is 27.4 Å². The average Bonchev–Trinajstić information content (AvgIpc) is 2.66. The number of carbonyl (C=O) groups excluding carboxylic acids is 2. The van der Waals surface area contributed by atoms with Crippen LogP contribution in [0.25, 0.3) is 6.08 Å². The molecule has 0 spiro atoms. The second-order valence-electron chi connectivity index (χ2n) is 5.46. The Kier molecular flexibility index (Phi) is 6.82. The van der Waals surface area contributed by atoms with E-state index in [1.807, 2.05) is 0 Å². The Balaban J connectivity index is 1.97. The predicted octanol–water partition coefficient (Wildman–Crippen LogP) is 1.51. The molecule has 0 aliphatic carbocycles. The van der Waals surface area contributed by atoms with E-state index >= 15 is 0 Å². The molecule has 25 heavy (non-hydrogen) atoms. The summed E-state index contributed by atoms with van der Waals surface area (Å²) >= 11 is 0. The largest absolute Gasteiger partial charge is 0.497 e. The highest BCUT2D eigenvalue weighted by Crippen LogP contribution is 2.25. The Bertz CT molecular complexity index is 636. The summed E-state index contributed by atoms with van der Waals surface area (Å²) in [4.78, 5) is 25.9. The maximum Gasteiger partial charge on any atom is 0.331 e. The topological polar surface area (TPSA) is 74.3 Å². The van der Waals surface area contributed by atoms with Crippen molar-refractivity contribution in [3.05, 3.63) is 29.8 Å². The third-order valence-electron chi connectivity index (χ3n) is 3.80. The monoisotopic (exact) mass is 349 g/mol. The van der Waals surface area contributed by atoms with E-state index in [-0.39, 0.29) is 5.91 Å². The number of benzene rings is 1. The predicted molar refractivity (Wildman–Crippen MR) is 91.5 cm³/mol. The van der Waals surface area contributed by atoms with Gasteiger partial charge in [-0.1, -0.05) is 0 Å². The van der Waals surface area contributed by atoms with Crippen LogP contribution in [0, 0.1) is 0 Å². The normalized spacial score (nSPS) is 15.7. The van der Waals surface area contributed by atoms with Crippen molar-refractivity contribution >= 4 is 18.0 Å². The lowest BCUT2D eigenvalue weighted by molar-refractivity contribution is -0.157. The molecule has 7 heteroatoms. The van der Waals surface area contributed by atoms with Crippen molar-refractivity contribution < 1.29 is 28.5 Å². The fraction of sp³-hybridized carbons (Fsp3) is 0.444. The van der Waals surface area contributed by atoms with E-state index in [2.05, 4.69) is 0 Å². The number of methoxy groups -OCH3 is 2. The molecule has 1 aliphatic heterocycles. The van der Waals surface area contributed by atoms with Crippen LogP contribution >= 0.6 is 0 Å². The smallest absolute Gasteiger partial charge is 0.331 e. The fourth-order valence-electron chi connectivity index (χ4n) is 2.43. The molecular weight excluding hydrogens is 326 g/mol. The molecule has 1 amide bonds. The number of hydrogen-bond acceptors (Lipinski definition) is 6. The Morgan fingerprint density at radius 1 is 1.20 bits per heavy atom. The summed E-state index contributed by atoms with van der Waals surface area (Å²) in [6, 6.07) is 5.25. The van der Waals surface area contributed by atoms with Gasteiger partial charge in [0.25, 0.3) is 5.91 Å². The molecule has 1 fully saturated rings. The zero-order valence-corrected chi connectivity index (χ0v) is 14.7. The highest BCUT2D eigenvalue weighted by Gasteiger charge is 2.24. The van der Waals surface area contributed by atoms with E-state index in [4.69, 9.17) is 18.9 Å². The van der Waals surface area contributed by atoms with Crippen LogP contribution in [0.3, 0.4) is 0 Å². The van der Waals surface area contributed by atoms with Gasteiger partial charge in [0, 0.05) is 24.7 Å². The molecule has 7 nitrogen and oxygen atoms in total. The van der Waals surface area contributed by atoms with Gasteiger partial charge in [0.1, 0.15) is 11.5 Å². The molecule has 1 aromatic carbocycles. The number of esters is 1. The number of morpholine rings is 1. The minimum Gasteiger partial charge on any atom is -0.497 e. The first-order chi connectivity index (χ1) is 12.0. The van der Waals surface area contributed by atoms with E-state index in [0.29, 0.717) is 43.4 Å². The maximum absolute atomic E-state index is 12.2. The molecule has 1 aliphatic rings. The number of nitrogens with zero attached hydrogens (tertiary/aromatic N) is 1. The van der Waals surface area contributed by atoms with Crippen molar-refractivity contribution in [3.8, 4) is 11.5 Å². The number of ether oxygens (including phenoxy) is 4. The van der Waals surface area contributed by atoms with Gasteiger partial charge in [-0.2, -0.15) is 0 Å². The van der Waals surface area contributed by atoms with E-state index in [9.17, 15) is 9.59 Å². The van der Waals surface area contributed by atoms with Crippen LogP contribution in [0.1, 0.15) is 12.5 Å². The highest BCUT2D eigenvalue weighted by molar-refractivity contribution is 5.90. The molecule has 0 radical (unpaired) electrons. The first-order valence-corrected chi connectivity index (χ1v) is 8.02. The lowest BCUT2D eigenvalue weighted by Gasteiger charge is -2.28. The number of carbonyl (C=O) groups is 2. The van der Waals surface area contributed by atoms with Crippen LogP contribution < -0.4 is 9.47 Å². The zero-order chi connectivity index (χ0) is 18.2. The van der Waals surface area contributed by atoms with E-state index in [1.54, 1.807) is 50.3 Å². The molecule has 1 unspecified atom stereocenters. The average molecular weight is 349 g/mol. The fourth-order valence-corrected chi connectivity index (χ4v) is 2.43. The van der Waals surface area contributed by atoms with Crippen LogP contribution in [-0.4, -0.2) is 63.4 Å². The quantitative estimate of drug-likeness (QED) is 0.572. The molecule has 136 valence electrons. The molecule has 1 saturated heterocycles. The molecule has 0 aromatic heterocycles. The molecular formula is C18H23NO6. The Morgan fingerprint density at radius 2 is 1.92 bits per heavy atom. The molecule has 0 N–H and O–H groups in total. The Labute approximate surface area is 147 Å². The van der Waals surface area contributed by atoms with Gasteiger partial charge >= 0.3 is 5.97 Å². The van der Waals surface area contributed by atoms with E-state index in [1.165, 1.54) is 6.08 Å². The van der Waals surface area contributed by atoms with Crippen molar-refractivity contribution in [2.24, 2.45) is 0 Å². The summed E-state index contributed by atoms with van der Waals surface area (Å²) < 4.78 is 20.8. The molecule has 0 saturated carbocycles. The maximum atomic E-state index is 12.2. The van der Waals surface area contributed by atoms with Crippen LogP contribution in [0.15, 0.2) is 24.3 Å². The molecule has 0 bridgehead atoms. The van der Waals surface area contributed by atoms with Crippen molar-refractivity contribution in [2.45, 2.75) is 13.0 Å². The SMILES string of the molecule is COc1ccc(OC)c(/C=C/C(=O)OC(C)C(=O)N2CCOCC2)c1. The summed E-state index contributed by atoms with van der Waals surface area (Å²) in [6.45, 7) is 3.59. The van der Waals surface area contributed by atoms with Gasteiger partial charge in [-0.25, -0.2) is 4.79 Å². The van der Waals surface area contributed by atoms with Gasteiger partial charge in [-0.05, 0) is 31.2 Å². The van der Waals surface area contributed by atoms with Gasteiger partial charge in [-0.15, -0.1) is 0 Å². The lowest BCUT2D eigenvalue weighted by atomic mass is 10.1. The van der Waals surface area contributed by atoms with Gasteiger partial charge in [0.2, 0.25) is 0 Å². The Morgan fingerprint density at radius 3 is 2.56 bits per heavy atom. The number of hydrogen-bond donors (Lipinski definition) is 0. The third kappa shape index (κ3) is 5.22. The van der Waals surface area contributed by atoms with Crippen molar-refractivity contribution in [1.29, 1.82) is 0 Å². The van der Waals surface area contributed by atoms with Gasteiger partial charge < -0.3 is 23.8 Å². The summed E-state index contributed by atoms with van der Waals surface area (Å²) in [6.07, 6.45) is 1.98. The van der Waals surface area contributed by atoms with Crippen LogP contribution in [0.2, 0.25) is 0 Å². The first-order valence-electron chi connectivity index (χ1n) is 8.02. The van der Waals surface area contributed by atoms with Crippen LogP contribution in [-0.2, 0) is 19.1 Å². The second-order valence-corrected chi connectivity index (χ2v) is 5.46. The van der Waals surface area contributed by atoms with Crippen molar-refractivity contribution in [3.63, 3.8) is 0 Å².